The molecule has 0 bridgehead atoms. The quantitative estimate of drug-likeness (QED) is 0.0275. The average molecular weight is 1180 g/mol. The third kappa shape index (κ3) is 9.23. The van der Waals surface area contributed by atoms with E-state index in [1.807, 2.05) is 0 Å². The highest BCUT2D eigenvalue weighted by molar-refractivity contribution is 6.32. The van der Waals surface area contributed by atoms with Crippen molar-refractivity contribution in [3.8, 4) is 0 Å². The van der Waals surface area contributed by atoms with Crippen molar-refractivity contribution in [1.29, 1.82) is 0 Å². The summed E-state index contributed by atoms with van der Waals surface area (Å²) in [5.41, 5.74) is -31.6. The minimum atomic E-state index is -5.23. The highest BCUT2D eigenvalue weighted by Gasteiger charge is 2.98. The van der Waals surface area contributed by atoms with Crippen molar-refractivity contribution in [2.45, 2.75) is 57.9 Å². The largest absolute Gasteiger partial charge is 0.439 e. The number of carbonyl (C=O) groups excluding carboxylic acids is 8. The van der Waals surface area contributed by atoms with Gasteiger partial charge >= 0.3 is 5.97 Å². The predicted octanol–water partition coefficient (Wildman–Crippen LogP) is 5.24. The SMILES string of the molecule is O=C(O[C@@]1(C(=O)c2ccccc2)[C@@](O)(C(=O)c2ccccc2)[C@](O)(C(=O)c2ccccc2)[C@@](OC2(CO)O[C@H](CO)[C@@H](O)[C@@H]2O)(C(=O)c2ccccc2)O[C@]1(C(=O)c1ccccc1)C(O)(C(=O)c1ccccc1)C(=O)c1ccccc1)c1ccccc1. The molecule has 9 atom stereocenters. The number of ketones is 7. The van der Waals surface area contributed by atoms with Crippen LogP contribution in [0.15, 0.2) is 243 Å². The zero-order chi connectivity index (χ0) is 62.0. The molecule has 440 valence electrons. The Labute approximate surface area is 495 Å². The first-order valence-electron chi connectivity index (χ1n) is 27.1. The lowest BCUT2D eigenvalue weighted by Gasteiger charge is -2.68. The molecule has 19 heteroatoms. The Morgan fingerprint density at radius 2 is 0.747 bits per heavy atom. The van der Waals surface area contributed by atoms with Crippen molar-refractivity contribution < 1.29 is 93.0 Å². The summed E-state index contributed by atoms with van der Waals surface area (Å²) in [5.74, 6) is -25.1. The third-order valence-electron chi connectivity index (χ3n) is 15.8. The fourth-order valence-electron chi connectivity index (χ4n) is 11.6. The zero-order valence-corrected chi connectivity index (χ0v) is 45.8. The summed E-state index contributed by atoms with van der Waals surface area (Å²) in [4.78, 5) is 137. The fourth-order valence-corrected chi connectivity index (χ4v) is 11.6. The van der Waals surface area contributed by atoms with Crippen molar-refractivity contribution in [2.75, 3.05) is 13.2 Å². The van der Waals surface area contributed by atoms with Gasteiger partial charge in [-0.2, -0.15) is 0 Å². The van der Waals surface area contributed by atoms with Crippen LogP contribution in [0.3, 0.4) is 0 Å². The number of ether oxygens (including phenoxy) is 4. The Morgan fingerprint density at radius 1 is 0.425 bits per heavy atom. The maximum Gasteiger partial charge on any atom is 0.339 e. The fraction of sp³-hybridized carbons (Fsp3) is 0.176. The molecule has 2 aliphatic rings. The first kappa shape index (κ1) is 60.6. The molecule has 0 aromatic heterocycles. The van der Waals surface area contributed by atoms with Gasteiger partial charge in [-0.1, -0.05) is 231 Å². The van der Waals surface area contributed by atoms with E-state index in [-0.39, 0.29) is 0 Å². The van der Waals surface area contributed by atoms with E-state index in [4.69, 9.17) is 18.9 Å². The van der Waals surface area contributed by atoms with Gasteiger partial charge in [-0.25, -0.2) is 4.79 Å². The molecule has 0 radical (unpaired) electrons. The van der Waals surface area contributed by atoms with Crippen molar-refractivity contribution in [2.24, 2.45) is 0 Å². The van der Waals surface area contributed by atoms with Gasteiger partial charge in [0, 0.05) is 38.9 Å². The summed E-state index contributed by atoms with van der Waals surface area (Å²) in [6.45, 7) is -3.10. The van der Waals surface area contributed by atoms with Crippen LogP contribution in [0.1, 0.15) is 82.9 Å². The zero-order valence-electron chi connectivity index (χ0n) is 45.8. The summed E-state index contributed by atoms with van der Waals surface area (Å²) in [6, 6.07) is 46.2. The summed E-state index contributed by atoms with van der Waals surface area (Å²) < 4.78 is 26.4. The summed E-state index contributed by atoms with van der Waals surface area (Å²) in [5, 5.41) is 92.4. The van der Waals surface area contributed by atoms with E-state index in [2.05, 4.69) is 0 Å². The number of benzene rings is 8. The molecule has 8 aromatic rings. The van der Waals surface area contributed by atoms with Crippen molar-refractivity contribution in [3.63, 3.8) is 0 Å². The predicted molar refractivity (Wildman–Crippen MR) is 306 cm³/mol. The minimum Gasteiger partial charge on any atom is -0.439 e. The van der Waals surface area contributed by atoms with Gasteiger partial charge < -0.3 is 54.7 Å². The van der Waals surface area contributed by atoms with Crippen LogP contribution < -0.4 is 0 Å². The van der Waals surface area contributed by atoms with E-state index in [1.54, 1.807) is 0 Å². The van der Waals surface area contributed by atoms with Crippen LogP contribution in [0.4, 0.5) is 0 Å². The second-order valence-corrected chi connectivity index (χ2v) is 20.7. The van der Waals surface area contributed by atoms with Gasteiger partial charge in [0.1, 0.15) is 24.9 Å². The van der Waals surface area contributed by atoms with Gasteiger partial charge in [0.25, 0.3) is 11.4 Å². The maximum atomic E-state index is 17.8. The highest BCUT2D eigenvalue weighted by atomic mass is 16.8. The molecular formula is C68H54O19. The van der Waals surface area contributed by atoms with Gasteiger partial charge in [-0.3, -0.25) is 33.6 Å². The van der Waals surface area contributed by atoms with Crippen molar-refractivity contribution in [3.05, 3.63) is 287 Å². The number of rotatable bonds is 21. The normalized spacial score (nSPS) is 26.0. The monoisotopic (exact) mass is 1170 g/mol. The number of Topliss-reactive ketones (excluding diaryl/α,β-unsaturated/α-hetero) is 7. The third-order valence-corrected chi connectivity index (χ3v) is 15.8. The summed E-state index contributed by atoms with van der Waals surface area (Å²) >= 11 is 0. The first-order chi connectivity index (χ1) is 41.8. The molecule has 2 saturated heterocycles. The summed E-state index contributed by atoms with van der Waals surface area (Å²) in [7, 11) is 0. The number of carbonyl (C=O) groups is 8. The first-order valence-corrected chi connectivity index (χ1v) is 27.1. The topological polar surface area (TPSA) is 315 Å². The van der Waals surface area contributed by atoms with E-state index < -0.39 is 162 Å². The molecule has 2 aliphatic heterocycles. The molecule has 0 aliphatic carbocycles. The second kappa shape index (κ2) is 23.8. The number of hydrogen-bond acceptors (Lipinski definition) is 19. The van der Waals surface area contributed by atoms with E-state index >= 15 is 53.7 Å². The smallest absolute Gasteiger partial charge is 0.339 e. The van der Waals surface area contributed by atoms with E-state index in [0.29, 0.717) is 0 Å². The van der Waals surface area contributed by atoms with Crippen LogP contribution in [-0.2, 0) is 18.9 Å². The van der Waals surface area contributed by atoms with E-state index in [0.717, 1.165) is 97.1 Å². The molecule has 1 unspecified atom stereocenters. The van der Waals surface area contributed by atoms with Gasteiger partial charge in [0.15, 0.2) is 0 Å². The Bertz CT molecular complexity index is 3830. The second-order valence-electron chi connectivity index (χ2n) is 20.7. The minimum absolute atomic E-state index is 0.627. The number of aliphatic hydroxyl groups is 7. The van der Waals surface area contributed by atoms with Crippen molar-refractivity contribution in [1.82, 2.24) is 0 Å². The lowest BCUT2D eigenvalue weighted by Crippen LogP contribution is -2.99. The Hall–Kier alpha value is -9.48. The van der Waals surface area contributed by atoms with E-state index in [1.165, 1.54) is 146 Å². The van der Waals surface area contributed by atoms with Crippen LogP contribution in [0, 0.1) is 0 Å². The molecule has 2 fully saturated rings. The number of hydrogen-bond donors (Lipinski definition) is 7. The van der Waals surface area contributed by atoms with Gasteiger partial charge in [-0.05, 0) is 12.1 Å². The van der Waals surface area contributed by atoms with Gasteiger partial charge in [0.2, 0.25) is 68.7 Å². The Balaban J connectivity index is 1.59. The van der Waals surface area contributed by atoms with Crippen LogP contribution in [0.25, 0.3) is 0 Å². The Morgan fingerprint density at radius 3 is 1.10 bits per heavy atom. The average Bonchev–Trinajstić information content (AvgIpc) is 0.701. The molecule has 7 N–H and O–H groups in total. The summed E-state index contributed by atoms with van der Waals surface area (Å²) in [6.07, 6.45) is -7.28. The highest BCUT2D eigenvalue weighted by Crippen LogP contribution is 2.65. The van der Waals surface area contributed by atoms with Crippen LogP contribution in [0.5, 0.6) is 0 Å². The molecular weight excluding hydrogens is 1120 g/mol. The lowest BCUT2D eigenvalue weighted by atomic mass is 9.46. The molecule has 2 heterocycles. The standard InChI is InChI=1S/C68H54O19/c69-41-51-52(71)60(79)62(42-70,84-51)86-68(59(78)49-37-21-7-22-38-49)65(83,56(75)46-31-15-4-16-32-46)64(82,55(74)45-29-13-3-14-30-45)67(58(77)48-35-19-6-20-36-48,85-61(80)50-39-23-8-24-40-50)66(87-68,57(76)47-33-17-5-18-34-47)63(81,53(72)43-25-9-1-10-26-43)54(73)44-27-11-2-12-28-44/h1-40,51-52,60,69-71,79,81-83H,41-42H2/t51-,52-,60+,62?,64-,65-,66-,67+,68-/m1/s1. The van der Waals surface area contributed by atoms with Crippen LogP contribution in [-0.4, -0.2) is 153 Å². The van der Waals surface area contributed by atoms with Crippen LogP contribution in [0.2, 0.25) is 0 Å². The number of aliphatic hydroxyl groups excluding tert-OH is 4. The molecule has 10 rings (SSSR count). The lowest BCUT2D eigenvalue weighted by molar-refractivity contribution is -0.456. The maximum absolute atomic E-state index is 17.8. The van der Waals surface area contributed by atoms with Crippen LogP contribution >= 0.6 is 0 Å². The van der Waals surface area contributed by atoms with E-state index in [9.17, 15) is 20.4 Å². The number of esters is 1. The van der Waals surface area contributed by atoms with Crippen molar-refractivity contribution >= 4 is 46.5 Å². The molecule has 8 aromatic carbocycles. The Kier molecular flexibility index (Phi) is 16.6. The van der Waals surface area contributed by atoms with Gasteiger partial charge in [0.05, 0.1) is 12.2 Å². The molecule has 0 saturated carbocycles. The molecule has 0 amide bonds. The molecule has 0 spiro atoms. The van der Waals surface area contributed by atoms with Gasteiger partial charge in [-0.15, -0.1) is 0 Å². The molecule has 19 nitrogen and oxygen atoms in total. The molecule has 87 heavy (non-hydrogen) atoms.